The lowest BCUT2D eigenvalue weighted by Gasteiger charge is -2.25. The molecule has 5 aromatic rings. The highest BCUT2D eigenvalue weighted by Crippen LogP contribution is 2.37. The summed E-state index contributed by atoms with van der Waals surface area (Å²) in [7, 11) is 0. The molecule has 40 heavy (non-hydrogen) atoms. The predicted octanol–water partition coefficient (Wildman–Crippen LogP) is 7.42. The molecule has 1 aliphatic carbocycles. The summed E-state index contributed by atoms with van der Waals surface area (Å²) in [5.74, 6) is 0.0516. The number of pyridine rings is 1. The number of imidazole rings is 1. The van der Waals surface area contributed by atoms with Crippen molar-refractivity contribution < 1.29 is 14.7 Å². The van der Waals surface area contributed by atoms with Gasteiger partial charge < -0.3 is 14.6 Å². The summed E-state index contributed by atoms with van der Waals surface area (Å²) in [6.07, 6.45) is 7.99. The minimum Gasteiger partial charge on any atom is -0.478 e. The normalized spacial score (nSPS) is 16.2. The van der Waals surface area contributed by atoms with Crippen LogP contribution in [0.1, 0.15) is 71.0 Å². The Kier molecular flexibility index (Phi) is 6.35. The van der Waals surface area contributed by atoms with Crippen LogP contribution < -0.4 is 0 Å². The molecule has 0 atom stereocenters. The molecule has 2 aromatic carbocycles. The number of aromatic carboxylic acids is 1. The molecule has 202 valence electrons. The third-order valence-corrected chi connectivity index (χ3v) is 9.38. The van der Waals surface area contributed by atoms with Gasteiger partial charge in [-0.3, -0.25) is 4.79 Å². The number of hydrogen-bond donors (Lipinski definition) is 1. The number of hydrogen-bond acceptors (Lipinski definition) is 5. The van der Waals surface area contributed by atoms with Gasteiger partial charge in [-0.25, -0.2) is 14.8 Å². The molecule has 8 heteroatoms. The van der Waals surface area contributed by atoms with E-state index in [1.165, 1.54) is 30.6 Å². The van der Waals surface area contributed by atoms with Crippen LogP contribution in [0.25, 0.3) is 43.9 Å². The maximum Gasteiger partial charge on any atom is 0.335 e. The molecule has 0 bridgehead atoms. The van der Waals surface area contributed by atoms with Crippen molar-refractivity contribution in [3.8, 4) is 22.0 Å². The number of carboxylic acids is 1. The van der Waals surface area contributed by atoms with Crippen LogP contribution in [0.3, 0.4) is 0 Å². The Balaban J connectivity index is 1.25. The quantitative estimate of drug-likeness (QED) is 0.246. The summed E-state index contributed by atoms with van der Waals surface area (Å²) in [6.45, 7) is 1.69. The average molecular weight is 551 g/mol. The van der Waals surface area contributed by atoms with Gasteiger partial charge in [0.1, 0.15) is 5.82 Å². The Morgan fingerprint density at radius 1 is 0.825 bits per heavy atom. The van der Waals surface area contributed by atoms with Gasteiger partial charge in [-0.2, -0.15) is 0 Å². The lowest BCUT2D eigenvalue weighted by atomic mass is 9.94. The Morgan fingerprint density at radius 3 is 2.45 bits per heavy atom. The van der Waals surface area contributed by atoms with Gasteiger partial charge in [-0.1, -0.05) is 25.3 Å². The van der Waals surface area contributed by atoms with Crippen LogP contribution in [-0.4, -0.2) is 49.5 Å². The highest BCUT2D eigenvalue weighted by molar-refractivity contribution is 7.17. The van der Waals surface area contributed by atoms with Crippen LogP contribution in [0.15, 0.2) is 60.7 Å². The standard InChI is InChI=1S/C32H30N4O3S/c37-31(35-16-4-5-17-35)29-15-14-28(40-29)25-12-8-20-18-21(9-11-24(20)33-25)30-34-26-19-22(32(38)39)10-13-27(26)36(30)23-6-2-1-3-7-23/h8-15,18-19,23H,1-7,16-17H2,(H,38,39). The Morgan fingerprint density at radius 2 is 1.65 bits per heavy atom. The highest BCUT2D eigenvalue weighted by atomic mass is 32.1. The fourth-order valence-corrected chi connectivity index (χ4v) is 7.16. The van der Waals surface area contributed by atoms with Crippen LogP contribution in [0, 0.1) is 0 Å². The van der Waals surface area contributed by atoms with Gasteiger partial charge in [-0.05, 0) is 80.3 Å². The van der Waals surface area contributed by atoms with Crippen molar-refractivity contribution in [1.82, 2.24) is 19.4 Å². The number of amides is 1. The number of rotatable bonds is 5. The number of carbonyl (C=O) groups excluding carboxylic acids is 1. The number of fused-ring (bicyclic) bond motifs is 2. The summed E-state index contributed by atoms with van der Waals surface area (Å²) >= 11 is 1.50. The Hall–Kier alpha value is -4.04. The van der Waals surface area contributed by atoms with Crippen LogP contribution in [0.4, 0.5) is 0 Å². The predicted molar refractivity (Wildman–Crippen MR) is 158 cm³/mol. The van der Waals surface area contributed by atoms with Crippen LogP contribution >= 0.6 is 11.3 Å². The van der Waals surface area contributed by atoms with Crippen molar-refractivity contribution in [2.75, 3.05) is 13.1 Å². The first-order valence-electron chi connectivity index (χ1n) is 14.1. The van der Waals surface area contributed by atoms with E-state index < -0.39 is 5.97 Å². The van der Waals surface area contributed by atoms with Gasteiger partial charge in [0.15, 0.2) is 0 Å². The summed E-state index contributed by atoms with van der Waals surface area (Å²) in [5.41, 5.74) is 4.69. The number of carboxylic acid groups (broad SMARTS) is 1. The van der Waals surface area contributed by atoms with Crippen molar-refractivity contribution in [2.24, 2.45) is 0 Å². The van der Waals surface area contributed by atoms with Crippen molar-refractivity contribution in [2.45, 2.75) is 51.0 Å². The van der Waals surface area contributed by atoms with E-state index >= 15 is 0 Å². The van der Waals surface area contributed by atoms with Gasteiger partial charge in [0, 0.05) is 30.1 Å². The van der Waals surface area contributed by atoms with Gasteiger partial charge in [0.25, 0.3) is 5.91 Å². The fourth-order valence-electron chi connectivity index (χ4n) is 6.21. The second kappa shape index (κ2) is 10.2. The molecular formula is C32H30N4O3S. The molecule has 0 radical (unpaired) electrons. The first kappa shape index (κ1) is 25.0. The molecule has 1 amide bonds. The molecule has 7 rings (SSSR count). The van der Waals surface area contributed by atoms with Gasteiger partial charge >= 0.3 is 5.97 Å². The van der Waals surface area contributed by atoms with Gasteiger partial charge in [0.05, 0.1) is 37.6 Å². The van der Waals surface area contributed by atoms with E-state index in [0.717, 1.165) is 82.0 Å². The summed E-state index contributed by atoms with van der Waals surface area (Å²) in [5, 5.41) is 10.5. The van der Waals surface area contributed by atoms with Crippen molar-refractivity contribution in [3.63, 3.8) is 0 Å². The fraction of sp³-hybridized carbons (Fsp3) is 0.312. The summed E-state index contributed by atoms with van der Waals surface area (Å²) in [6, 6.07) is 19.8. The zero-order valence-electron chi connectivity index (χ0n) is 22.2. The first-order chi connectivity index (χ1) is 19.5. The molecule has 1 N–H and O–H groups in total. The van der Waals surface area contributed by atoms with Gasteiger partial charge in [0.2, 0.25) is 0 Å². The zero-order chi connectivity index (χ0) is 27.2. The number of likely N-dealkylation sites (tertiary alicyclic amines) is 1. The Labute approximate surface area is 236 Å². The molecular weight excluding hydrogens is 520 g/mol. The highest BCUT2D eigenvalue weighted by Gasteiger charge is 2.24. The molecule has 2 fully saturated rings. The van der Waals surface area contributed by atoms with Crippen LogP contribution in [-0.2, 0) is 0 Å². The Bertz CT molecular complexity index is 1760. The van der Waals surface area contributed by atoms with Crippen molar-refractivity contribution in [1.29, 1.82) is 0 Å². The topological polar surface area (TPSA) is 88.3 Å². The maximum absolute atomic E-state index is 12.8. The van der Waals surface area contributed by atoms with E-state index in [1.54, 1.807) is 12.1 Å². The van der Waals surface area contributed by atoms with E-state index in [2.05, 4.69) is 22.8 Å². The van der Waals surface area contributed by atoms with Crippen molar-refractivity contribution in [3.05, 3.63) is 71.1 Å². The van der Waals surface area contributed by atoms with E-state index in [-0.39, 0.29) is 11.5 Å². The molecule has 3 aromatic heterocycles. The molecule has 0 unspecified atom stereocenters. The van der Waals surface area contributed by atoms with E-state index in [0.29, 0.717) is 11.6 Å². The van der Waals surface area contributed by atoms with Crippen LogP contribution in [0.5, 0.6) is 0 Å². The third kappa shape index (κ3) is 4.46. The lowest BCUT2D eigenvalue weighted by Crippen LogP contribution is -2.26. The van der Waals surface area contributed by atoms with Gasteiger partial charge in [-0.15, -0.1) is 11.3 Å². The number of benzene rings is 2. The summed E-state index contributed by atoms with van der Waals surface area (Å²) < 4.78 is 2.33. The number of nitrogens with zero attached hydrogens (tertiary/aromatic N) is 4. The molecule has 1 saturated heterocycles. The number of carbonyl (C=O) groups is 2. The zero-order valence-corrected chi connectivity index (χ0v) is 23.0. The monoisotopic (exact) mass is 550 g/mol. The van der Waals surface area contributed by atoms with E-state index in [1.807, 2.05) is 35.2 Å². The van der Waals surface area contributed by atoms with E-state index in [9.17, 15) is 14.7 Å². The number of thiophene rings is 1. The van der Waals surface area contributed by atoms with Crippen LogP contribution in [0.2, 0.25) is 0 Å². The molecule has 2 aliphatic rings. The number of aromatic nitrogens is 3. The minimum atomic E-state index is -0.943. The summed E-state index contributed by atoms with van der Waals surface area (Å²) in [4.78, 5) is 38.0. The third-order valence-electron chi connectivity index (χ3n) is 8.29. The molecule has 4 heterocycles. The average Bonchev–Trinajstić information content (AvgIpc) is 3.76. The first-order valence-corrected chi connectivity index (χ1v) is 14.9. The maximum atomic E-state index is 12.8. The molecule has 7 nitrogen and oxygen atoms in total. The molecule has 1 aliphatic heterocycles. The second-order valence-electron chi connectivity index (χ2n) is 10.9. The smallest absolute Gasteiger partial charge is 0.335 e. The largest absolute Gasteiger partial charge is 0.478 e. The second-order valence-corrected chi connectivity index (χ2v) is 12.0. The molecule has 0 spiro atoms. The lowest BCUT2D eigenvalue weighted by molar-refractivity contribution is 0.0696. The minimum absolute atomic E-state index is 0.121. The van der Waals surface area contributed by atoms with Crippen molar-refractivity contribution >= 4 is 45.1 Å². The van der Waals surface area contributed by atoms with E-state index in [4.69, 9.17) is 9.97 Å². The molecule has 1 saturated carbocycles. The SMILES string of the molecule is O=C(O)c1ccc2c(c1)nc(-c1ccc3nc(-c4ccc(C(=O)N5CCCC5)s4)ccc3c1)n2C1CCCCC1.